The Morgan fingerprint density at radius 1 is 1.17 bits per heavy atom. The minimum atomic E-state index is -0.998. The van der Waals surface area contributed by atoms with Crippen LogP contribution in [0, 0.1) is 13.8 Å². The number of ether oxygens (including phenoxy) is 3. The zero-order valence-electron chi connectivity index (χ0n) is 17.3. The van der Waals surface area contributed by atoms with Crippen LogP contribution >= 0.6 is 11.6 Å². The van der Waals surface area contributed by atoms with Crippen molar-refractivity contribution < 1.29 is 23.8 Å². The number of methoxy groups -OCH3 is 1. The Bertz CT molecular complexity index is 877. The number of hydrogen-bond acceptors (Lipinski definition) is 5. The molecule has 0 aliphatic rings. The van der Waals surface area contributed by atoms with Gasteiger partial charge in [0.25, 0.3) is 5.91 Å². The zero-order valence-corrected chi connectivity index (χ0v) is 18.1. The summed E-state index contributed by atoms with van der Waals surface area (Å²) in [5, 5.41) is 3.05. The first-order valence-electron chi connectivity index (χ1n) is 9.36. The average molecular weight is 420 g/mol. The SMILES string of the molecule is CCCOc1c(Cl)cc(C(=O)O[C@@H](C)C(=O)Nc2c(C)cccc2C)cc1OC. The van der Waals surface area contributed by atoms with Crippen molar-refractivity contribution >= 4 is 29.2 Å². The van der Waals surface area contributed by atoms with Gasteiger partial charge in [-0.1, -0.05) is 36.7 Å². The minimum absolute atomic E-state index is 0.169. The van der Waals surface area contributed by atoms with E-state index in [1.165, 1.54) is 26.2 Å². The number of para-hydroxylation sites is 1. The summed E-state index contributed by atoms with van der Waals surface area (Å²) in [6.07, 6.45) is -0.196. The first-order valence-corrected chi connectivity index (χ1v) is 9.74. The third kappa shape index (κ3) is 5.64. The fraction of sp³-hybridized carbons (Fsp3) is 0.364. The second-order valence-electron chi connectivity index (χ2n) is 6.64. The predicted molar refractivity (Wildman–Crippen MR) is 113 cm³/mol. The van der Waals surface area contributed by atoms with Gasteiger partial charge in [-0.15, -0.1) is 0 Å². The number of rotatable bonds is 8. The Morgan fingerprint density at radius 3 is 2.41 bits per heavy atom. The molecule has 0 aliphatic carbocycles. The molecule has 0 bridgehead atoms. The van der Waals surface area contributed by atoms with Gasteiger partial charge < -0.3 is 19.5 Å². The van der Waals surface area contributed by atoms with Crippen LogP contribution in [0.15, 0.2) is 30.3 Å². The van der Waals surface area contributed by atoms with E-state index < -0.39 is 18.0 Å². The van der Waals surface area contributed by atoms with Gasteiger partial charge in [-0.2, -0.15) is 0 Å². The second kappa shape index (κ2) is 10.2. The van der Waals surface area contributed by atoms with Crippen LogP contribution in [-0.2, 0) is 9.53 Å². The fourth-order valence-electron chi connectivity index (χ4n) is 2.70. The lowest BCUT2D eigenvalue weighted by Gasteiger charge is -2.17. The number of carbonyl (C=O) groups is 2. The van der Waals surface area contributed by atoms with Crippen molar-refractivity contribution in [1.82, 2.24) is 0 Å². The molecule has 2 aromatic carbocycles. The Hall–Kier alpha value is -2.73. The van der Waals surface area contributed by atoms with Gasteiger partial charge in [0.05, 0.1) is 24.3 Å². The molecule has 1 N–H and O–H groups in total. The van der Waals surface area contributed by atoms with Crippen LogP contribution in [-0.4, -0.2) is 31.7 Å². The molecule has 0 spiro atoms. The quantitative estimate of drug-likeness (QED) is 0.613. The first-order chi connectivity index (χ1) is 13.8. The van der Waals surface area contributed by atoms with E-state index in [0.29, 0.717) is 23.8 Å². The number of halogens is 1. The minimum Gasteiger partial charge on any atom is -0.493 e. The molecular weight excluding hydrogens is 394 g/mol. The second-order valence-corrected chi connectivity index (χ2v) is 7.05. The molecule has 6 nitrogen and oxygen atoms in total. The molecule has 0 fully saturated rings. The van der Waals surface area contributed by atoms with Crippen LogP contribution in [0.25, 0.3) is 0 Å². The van der Waals surface area contributed by atoms with E-state index in [-0.39, 0.29) is 10.6 Å². The monoisotopic (exact) mass is 419 g/mol. The van der Waals surface area contributed by atoms with Gasteiger partial charge in [0, 0.05) is 5.69 Å². The van der Waals surface area contributed by atoms with E-state index in [0.717, 1.165) is 17.5 Å². The maximum atomic E-state index is 12.5. The van der Waals surface area contributed by atoms with Crippen molar-refractivity contribution in [3.05, 3.63) is 52.0 Å². The Balaban J connectivity index is 2.12. The number of nitrogens with one attached hydrogen (secondary N) is 1. The van der Waals surface area contributed by atoms with Crippen LogP contribution in [0.5, 0.6) is 11.5 Å². The third-order valence-electron chi connectivity index (χ3n) is 4.30. The predicted octanol–water partition coefficient (Wildman–Crippen LogP) is 4.94. The molecular formula is C22H26ClNO5. The lowest BCUT2D eigenvalue weighted by Crippen LogP contribution is -2.30. The highest BCUT2D eigenvalue weighted by Crippen LogP contribution is 2.36. The Labute approximate surface area is 176 Å². The van der Waals surface area contributed by atoms with Gasteiger partial charge in [-0.3, -0.25) is 4.79 Å². The van der Waals surface area contributed by atoms with Gasteiger partial charge in [0.15, 0.2) is 17.6 Å². The summed E-state index contributed by atoms with van der Waals surface area (Å²) in [4.78, 5) is 25.0. The molecule has 29 heavy (non-hydrogen) atoms. The van der Waals surface area contributed by atoms with E-state index in [4.69, 9.17) is 25.8 Å². The molecule has 0 saturated carbocycles. The molecule has 156 valence electrons. The van der Waals surface area contributed by atoms with Gasteiger partial charge in [0.2, 0.25) is 0 Å². The lowest BCUT2D eigenvalue weighted by molar-refractivity contribution is -0.123. The van der Waals surface area contributed by atoms with E-state index in [2.05, 4.69) is 5.32 Å². The molecule has 0 saturated heterocycles. The number of esters is 1. The summed E-state index contributed by atoms with van der Waals surface area (Å²) in [6, 6.07) is 8.63. The number of amides is 1. The molecule has 0 unspecified atom stereocenters. The number of carbonyl (C=O) groups excluding carboxylic acids is 2. The summed E-state index contributed by atoms with van der Waals surface area (Å²) < 4.78 is 16.2. The summed E-state index contributed by atoms with van der Waals surface area (Å²) in [5.41, 5.74) is 2.73. The highest BCUT2D eigenvalue weighted by molar-refractivity contribution is 6.32. The smallest absolute Gasteiger partial charge is 0.339 e. The maximum absolute atomic E-state index is 12.5. The summed E-state index contributed by atoms with van der Waals surface area (Å²) >= 11 is 6.24. The van der Waals surface area contributed by atoms with Crippen molar-refractivity contribution in [2.75, 3.05) is 19.0 Å². The number of hydrogen-bond donors (Lipinski definition) is 1. The Morgan fingerprint density at radius 2 is 1.83 bits per heavy atom. The standard InChI is InChI=1S/C22H26ClNO5/c1-6-10-28-20-17(23)11-16(12-18(20)27-5)22(26)29-15(4)21(25)24-19-13(2)8-7-9-14(19)3/h7-9,11-12,15H,6,10H2,1-5H3,(H,24,25)/t15-/m0/s1. The van der Waals surface area contributed by atoms with Crippen LogP contribution in [0.2, 0.25) is 5.02 Å². The maximum Gasteiger partial charge on any atom is 0.339 e. The van der Waals surface area contributed by atoms with Crippen molar-refractivity contribution in [3.63, 3.8) is 0 Å². The van der Waals surface area contributed by atoms with E-state index in [9.17, 15) is 9.59 Å². The third-order valence-corrected chi connectivity index (χ3v) is 4.58. The Kier molecular flexibility index (Phi) is 7.91. The van der Waals surface area contributed by atoms with E-state index in [1.54, 1.807) is 0 Å². The largest absolute Gasteiger partial charge is 0.493 e. The van der Waals surface area contributed by atoms with Crippen molar-refractivity contribution in [3.8, 4) is 11.5 Å². The van der Waals surface area contributed by atoms with Crippen molar-refractivity contribution in [2.24, 2.45) is 0 Å². The van der Waals surface area contributed by atoms with Gasteiger partial charge in [-0.25, -0.2) is 4.79 Å². The molecule has 0 heterocycles. The van der Waals surface area contributed by atoms with Crippen LogP contribution in [0.4, 0.5) is 5.69 Å². The van der Waals surface area contributed by atoms with Gasteiger partial charge >= 0.3 is 5.97 Å². The van der Waals surface area contributed by atoms with Gasteiger partial charge in [0.1, 0.15) is 0 Å². The molecule has 2 aromatic rings. The first kappa shape index (κ1) is 22.6. The van der Waals surface area contributed by atoms with Gasteiger partial charge in [-0.05, 0) is 50.5 Å². The van der Waals surface area contributed by atoms with E-state index >= 15 is 0 Å². The van der Waals surface area contributed by atoms with E-state index in [1.807, 2.05) is 39.0 Å². The number of aryl methyl sites for hydroxylation is 2. The highest BCUT2D eigenvalue weighted by atomic mass is 35.5. The molecule has 0 aliphatic heterocycles. The topological polar surface area (TPSA) is 73.9 Å². The van der Waals surface area contributed by atoms with Crippen LogP contribution in [0.3, 0.4) is 0 Å². The highest BCUT2D eigenvalue weighted by Gasteiger charge is 2.22. The lowest BCUT2D eigenvalue weighted by atomic mass is 10.1. The zero-order chi connectivity index (χ0) is 21.6. The summed E-state index contributed by atoms with van der Waals surface area (Å²) in [7, 11) is 1.46. The molecule has 0 radical (unpaired) electrons. The number of anilines is 1. The molecule has 7 heteroatoms. The number of benzene rings is 2. The molecule has 1 atom stereocenters. The molecule has 2 rings (SSSR count). The average Bonchev–Trinajstić information content (AvgIpc) is 2.69. The van der Waals surface area contributed by atoms with Crippen LogP contribution < -0.4 is 14.8 Å². The van der Waals surface area contributed by atoms with Crippen LogP contribution in [0.1, 0.15) is 41.8 Å². The molecule has 1 amide bonds. The molecule has 0 aromatic heterocycles. The summed E-state index contributed by atoms with van der Waals surface area (Å²) in [6.45, 7) is 7.75. The summed E-state index contributed by atoms with van der Waals surface area (Å²) in [5.74, 6) is -0.410. The van der Waals surface area contributed by atoms with Crippen molar-refractivity contribution in [2.45, 2.75) is 40.2 Å². The van der Waals surface area contributed by atoms with Crippen molar-refractivity contribution in [1.29, 1.82) is 0 Å². The fourth-order valence-corrected chi connectivity index (χ4v) is 2.97. The normalized spacial score (nSPS) is 11.5.